The molecule has 8 nitrogen and oxygen atoms in total. The van der Waals surface area contributed by atoms with Crippen LogP contribution >= 0.6 is 0 Å². The van der Waals surface area contributed by atoms with Crippen LogP contribution in [0, 0.1) is 25.2 Å². The fourth-order valence-corrected chi connectivity index (χ4v) is 4.83. The zero-order valence-corrected chi connectivity index (χ0v) is 20.7. The highest BCUT2D eigenvalue weighted by atomic mass is 16.6. The number of ether oxygens (including phenoxy) is 1. The lowest BCUT2D eigenvalue weighted by molar-refractivity contribution is 0.0281. The van der Waals surface area contributed by atoms with E-state index in [2.05, 4.69) is 21.3 Å². The molecule has 8 heteroatoms. The number of hydrogen-bond acceptors (Lipinski definition) is 6. The van der Waals surface area contributed by atoms with Gasteiger partial charge in [-0.25, -0.2) is 4.79 Å². The summed E-state index contributed by atoms with van der Waals surface area (Å²) in [5.74, 6) is -0.260. The molecule has 1 N–H and O–H groups in total. The highest BCUT2D eigenvalue weighted by Crippen LogP contribution is 2.26. The monoisotopic (exact) mass is 475 g/mol. The van der Waals surface area contributed by atoms with E-state index in [1.54, 1.807) is 24.4 Å². The van der Waals surface area contributed by atoms with Crippen LogP contribution in [0.4, 0.5) is 10.5 Å². The van der Waals surface area contributed by atoms with Gasteiger partial charge in [-0.1, -0.05) is 0 Å². The molecule has 2 aliphatic rings. The number of nitrogens with one attached hydrogen (secondary N) is 1. The van der Waals surface area contributed by atoms with Gasteiger partial charge in [-0.15, -0.1) is 0 Å². The zero-order valence-electron chi connectivity index (χ0n) is 20.7. The van der Waals surface area contributed by atoms with E-state index < -0.39 is 0 Å². The lowest BCUT2D eigenvalue weighted by atomic mass is 10.0. The van der Waals surface area contributed by atoms with Gasteiger partial charge < -0.3 is 15.0 Å². The van der Waals surface area contributed by atoms with Gasteiger partial charge in [0.1, 0.15) is 6.10 Å². The summed E-state index contributed by atoms with van der Waals surface area (Å²) < 4.78 is 5.71. The minimum atomic E-state index is -0.260. The maximum Gasteiger partial charge on any atom is 0.410 e. The van der Waals surface area contributed by atoms with E-state index in [0.717, 1.165) is 49.0 Å². The van der Waals surface area contributed by atoms with E-state index in [1.807, 2.05) is 31.7 Å². The summed E-state index contributed by atoms with van der Waals surface area (Å²) in [5, 5.41) is 12.5. The second kappa shape index (κ2) is 10.9. The summed E-state index contributed by atoms with van der Waals surface area (Å²) in [6.45, 7) is 8.54. The maximum atomic E-state index is 12.8. The molecular weight excluding hydrogens is 442 g/mol. The Morgan fingerprint density at radius 1 is 1.20 bits per heavy atom. The number of hydrogen-bond donors (Lipinski definition) is 1. The van der Waals surface area contributed by atoms with Crippen LogP contribution in [0.3, 0.4) is 0 Å². The predicted molar refractivity (Wildman–Crippen MR) is 133 cm³/mol. The number of nitriles is 1. The average molecular weight is 476 g/mol. The molecule has 2 amide bonds. The Bertz CT molecular complexity index is 1120. The van der Waals surface area contributed by atoms with Crippen LogP contribution in [0.1, 0.15) is 65.3 Å². The number of amides is 2. The SMILES string of the molecule is Cc1ccc(C(=O)Nc2cc(C#N)cc(CN3CCN(C(=O)OC4CCCC4)C(C)C3)c2C)cn1. The Balaban J connectivity index is 1.42. The smallest absolute Gasteiger partial charge is 0.410 e. The van der Waals surface area contributed by atoms with Crippen molar-refractivity contribution in [2.24, 2.45) is 0 Å². The van der Waals surface area contributed by atoms with Crippen LogP contribution in [0.2, 0.25) is 0 Å². The number of piperazine rings is 1. The second-order valence-corrected chi connectivity index (χ2v) is 9.63. The van der Waals surface area contributed by atoms with E-state index in [0.29, 0.717) is 36.4 Å². The minimum absolute atomic E-state index is 0.0327. The Hall–Kier alpha value is -3.44. The van der Waals surface area contributed by atoms with Crippen LogP contribution in [-0.2, 0) is 11.3 Å². The fraction of sp³-hybridized carbons (Fsp3) is 0.481. The van der Waals surface area contributed by atoms with Crippen molar-refractivity contribution in [3.63, 3.8) is 0 Å². The summed E-state index contributed by atoms with van der Waals surface area (Å²) in [7, 11) is 0. The number of anilines is 1. The molecule has 1 unspecified atom stereocenters. The van der Waals surface area contributed by atoms with Gasteiger partial charge in [0.05, 0.1) is 17.2 Å². The number of aryl methyl sites for hydroxylation is 1. The summed E-state index contributed by atoms with van der Waals surface area (Å²) in [4.78, 5) is 33.7. The molecule has 2 fully saturated rings. The molecule has 35 heavy (non-hydrogen) atoms. The zero-order chi connectivity index (χ0) is 24.9. The summed E-state index contributed by atoms with van der Waals surface area (Å²) in [5.41, 5.74) is 4.33. The fourth-order valence-electron chi connectivity index (χ4n) is 4.83. The topological polar surface area (TPSA) is 98.6 Å². The maximum absolute atomic E-state index is 12.8. The van der Waals surface area contributed by atoms with Crippen LogP contribution in [-0.4, -0.2) is 58.6 Å². The first-order valence-corrected chi connectivity index (χ1v) is 12.3. The van der Waals surface area contributed by atoms with E-state index in [1.165, 1.54) is 0 Å². The number of carbonyl (C=O) groups excluding carboxylic acids is 2. The van der Waals surface area contributed by atoms with Crippen LogP contribution < -0.4 is 5.32 Å². The molecule has 2 heterocycles. The van der Waals surface area contributed by atoms with Crippen LogP contribution in [0.25, 0.3) is 0 Å². The molecular formula is C27H33N5O3. The van der Waals surface area contributed by atoms with Gasteiger partial charge in [0, 0.05) is 49.8 Å². The summed E-state index contributed by atoms with van der Waals surface area (Å²) >= 11 is 0. The van der Waals surface area contributed by atoms with Gasteiger partial charge in [-0.2, -0.15) is 5.26 Å². The van der Waals surface area contributed by atoms with Crippen molar-refractivity contribution in [1.29, 1.82) is 5.26 Å². The minimum Gasteiger partial charge on any atom is -0.446 e. The molecule has 1 aliphatic heterocycles. The average Bonchev–Trinajstić information content (AvgIpc) is 3.35. The number of carbonyl (C=O) groups is 2. The Morgan fingerprint density at radius 2 is 1.97 bits per heavy atom. The van der Waals surface area contributed by atoms with Crippen molar-refractivity contribution in [2.45, 2.75) is 65.1 Å². The Labute approximate surface area is 206 Å². The van der Waals surface area contributed by atoms with Crippen molar-refractivity contribution in [1.82, 2.24) is 14.8 Å². The Morgan fingerprint density at radius 3 is 2.63 bits per heavy atom. The van der Waals surface area contributed by atoms with E-state index in [-0.39, 0.29) is 24.1 Å². The number of aromatic nitrogens is 1. The molecule has 0 radical (unpaired) electrons. The number of pyridine rings is 1. The van der Waals surface area contributed by atoms with Crippen molar-refractivity contribution in [2.75, 3.05) is 25.0 Å². The second-order valence-electron chi connectivity index (χ2n) is 9.63. The lowest BCUT2D eigenvalue weighted by Gasteiger charge is -2.39. The normalized spacial score (nSPS) is 18.8. The van der Waals surface area contributed by atoms with Gasteiger partial charge in [-0.3, -0.25) is 14.7 Å². The van der Waals surface area contributed by atoms with Gasteiger partial charge in [-0.05, 0) is 81.8 Å². The molecule has 1 saturated heterocycles. The Kier molecular flexibility index (Phi) is 7.67. The van der Waals surface area contributed by atoms with Crippen LogP contribution in [0.5, 0.6) is 0 Å². The number of rotatable bonds is 5. The van der Waals surface area contributed by atoms with Crippen molar-refractivity contribution < 1.29 is 14.3 Å². The number of benzene rings is 1. The van der Waals surface area contributed by atoms with Gasteiger partial charge in [0.15, 0.2) is 0 Å². The molecule has 1 aliphatic carbocycles. The highest BCUT2D eigenvalue weighted by Gasteiger charge is 2.31. The molecule has 1 aromatic carbocycles. The van der Waals surface area contributed by atoms with Crippen molar-refractivity contribution >= 4 is 17.7 Å². The molecule has 0 spiro atoms. The van der Waals surface area contributed by atoms with Crippen molar-refractivity contribution in [3.05, 3.63) is 58.4 Å². The van der Waals surface area contributed by atoms with Gasteiger partial charge >= 0.3 is 6.09 Å². The predicted octanol–water partition coefficient (Wildman–Crippen LogP) is 4.41. The molecule has 1 saturated carbocycles. The quantitative estimate of drug-likeness (QED) is 0.688. The van der Waals surface area contributed by atoms with Gasteiger partial charge in [0.2, 0.25) is 0 Å². The summed E-state index contributed by atoms with van der Waals surface area (Å²) in [6, 6.07) is 9.36. The molecule has 1 atom stereocenters. The molecule has 1 aromatic heterocycles. The molecule has 0 bridgehead atoms. The molecule has 184 valence electrons. The third-order valence-corrected chi connectivity index (χ3v) is 6.98. The first kappa shape index (κ1) is 24.7. The first-order valence-electron chi connectivity index (χ1n) is 12.3. The van der Waals surface area contributed by atoms with E-state index in [9.17, 15) is 14.9 Å². The van der Waals surface area contributed by atoms with Crippen LogP contribution in [0.15, 0.2) is 30.5 Å². The summed E-state index contributed by atoms with van der Waals surface area (Å²) in [6.07, 6.45) is 5.60. The highest BCUT2D eigenvalue weighted by molar-refractivity contribution is 6.04. The van der Waals surface area contributed by atoms with E-state index >= 15 is 0 Å². The molecule has 4 rings (SSSR count). The third kappa shape index (κ3) is 5.98. The largest absolute Gasteiger partial charge is 0.446 e. The van der Waals surface area contributed by atoms with E-state index in [4.69, 9.17) is 4.74 Å². The lowest BCUT2D eigenvalue weighted by Crippen LogP contribution is -2.54. The third-order valence-electron chi connectivity index (χ3n) is 6.98. The molecule has 2 aromatic rings. The number of nitrogens with zero attached hydrogens (tertiary/aromatic N) is 4. The van der Waals surface area contributed by atoms with Crippen molar-refractivity contribution in [3.8, 4) is 6.07 Å². The standard InChI is InChI=1S/C27H33N5O3/c1-18-8-9-22(15-29-18)26(33)30-25-13-21(14-28)12-23(20(25)3)17-31-10-11-32(19(2)16-31)27(34)35-24-6-4-5-7-24/h8-9,12-13,15,19,24H,4-7,10-11,16-17H2,1-3H3,(H,30,33). The first-order chi connectivity index (χ1) is 16.8. The van der Waals surface area contributed by atoms with Gasteiger partial charge in [0.25, 0.3) is 5.91 Å².